The third kappa shape index (κ3) is 5.01. The first kappa shape index (κ1) is 27.5. The highest BCUT2D eigenvalue weighted by molar-refractivity contribution is 6.02. The fraction of sp³-hybridized carbons (Fsp3) is 0.357. The number of carbonyl (C=O) groups excluding carboxylic acids is 1. The predicted molar refractivity (Wildman–Crippen MR) is 145 cm³/mol. The summed E-state index contributed by atoms with van der Waals surface area (Å²) in [4.78, 5) is 38.0. The summed E-state index contributed by atoms with van der Waals surface area (Å²) in [5.74, 6) is -2.28. The van der Waals surface area contributed by atoms with Crippen molar-refractivity contribution >= 4 is 17.4 Å². The zero-order chi connectivity index (χ0) is 29.8. The van der Waals surface area contributed by atoms with Gasteiger partial charge in [0.1, 0.15) is 29.1 Å². The van der Waals surface area contributed by atoms with Crippen LogP contribution in [0.3, 0.4) is 0 Å². The third-order valence-electron chi connectivity index (χ3n) is 7.31. The molecule has 1 fully saturated rings. The molecule has 14 heteroatoms. The average Bonchev–Trinajstić information content (AvgIpc) is 3.71. The fourth-order valence-corrected chi connectivity index (χ4v) is 4.93. The molecule has 6 rings (SSSR count). The van der Waals surface area contributed by atoms with E-state index < -0.39 is 18.2 Å². The lowest BCUT2D eigenvalue weighted by atomic mass is 10.1. The van der Waals surface area contributed by atoms with Crippen LogP contribution in [0.25, 0.3) is 22.8 Å². The van der Waals surface area contributed by atoms with Crippen LogP contribution in [0.15, 0.2) is 43.0 Å². The fourth-order valence-electron chi connectivity index (χ4n) is 4.93. The van der Waals surface area contributed by atoms with Crippen molar-refractivity contribution in [3.63, 3.8) is 0 Å². The van der Waals surface area contributed by atoms with E-state index in [1.165, 1.54) is 30.5 Å². The molecule has 1 saturated carbocycles. The first-order valence-electron chi connectivity index (χ1n) is 13.2. The summed E-state index contributed by atoms with van der Waals surface area (Å²) in [5.41, 5.74) is 2.18. The highest BCUT2D eigenvalue weighted by Gasteiger charge is 2.34. The standard InChI is InChI=1S/C28H26F4N8O2/c1-28(31,32)19-12-40(27(29)30)24(36-19)17-6-4-15(5-7-17)11-39-13-20(41)38(2)18-10-33-23(37-25(18)39)21-22(16-8-9-16)34-14-35-26(21)42-3/h4-7,10,12,14,16,27H,8-9,11,13H2,1-3H3. The molecule has 0 spiro atoms. The van der Waals surface area contributed by atoms with Gasteiger partial charge in [-0.2, -0.15) is 17.6 Å². The first-order chi connectivity index (χ1) is 20.0. The molecule has 0 atom stereocenters. The predicted octanol–water partition coefficient (Wildman–Crippen LogP) is 5.17. The molecule has 0 unspecified atom stereocenters. The van der Waals surface area contributed by atoms with Crippen molar-refractivity contribution in [2.75, 3.05) is 30.5 Å². The summed E-state index contributed by atoms with van der Waals surface area (Å²) < 4.78 is 60.7. The molecule has 1 amide bonds. The number of anilines is 2. The molecule has 4 aromatic rings. The van der Waals surface area contributed by atoms with Crippen molar-refractivity contribution in [1.29, 1.82) is 0 Å². The molecule has 42 heavy (non-hydrogen) atoms. The van der Waals surface area contributed by atoms with Crippen molar-refractivity contribution in [3.8, 4) is 28.7 Å². The summed E-state index contributed by atoms with van der Waals surface area (Å²) in [6.07, 6.45) is 5.70. The normalized spacial score (nSPS) is 15.4. The molecular formula is C28H26F4N8O2. The Labute approximate surface area is 238 Å². The molecule has 4 heterocycles. The number of benzene rings is 1. The Bertz CT molecular complexity index is 1650. The van der Waals surface area contributed by atoms with Gasteiger partial charge < -0.3 is 14.5 Å². The Hall–Kier alpha value is -4.62. The van der Waals surface area contributed by atoms with Crippen LogP contribution >= 0.6 is 0 Å². The molecule has 0 saturated heterocycles. The minimum absolute atomic E-state index is 0.0321. The lowest BCUT2D eigenvalue weighted by molar-refractivity contribution is -0.117. The van der Waals surface area contributed by atoms with Crippen molar-refractivity contribution in [2.45, 2.75) is 44.7 Å². The monoisotopic (exact) mass is 582 g/mol. The molecule has 0 N–H and O–H groups in total. The number of methoxy groups -OCH3 is 1. The smallest absolute Gasteiger partial charge is 0.320 e. The van der Waals surface area contributed by atoms with Crippen molar-refractivity contribution in [1.82, 2.24) is 29.5 Å². The maximum absolute atomic E-state index is 13.8. The van der Waals surface area contributed by atoms with Crippen LogP contribution in [0.5, 0.6) is 5.88 Å². The number of ether oxygens (including phenoxy) is 1. The zero-order valence-corrected chi connectivity index (χ0v) is 22.9. The second kappa shape index (κ2) is 10.3. The first-order valence-corrected chi connectivity index (χ1v) is 13.2. The van der Waals surface area contributed by atoms with E-state index in [0.717, 1.165) is 24.1 Å². The van der Waals surface area contributed by atoms with Gasteiger partial charge in [0.05, 0.1) is 25.5 Å². The Morgan fingerprint density at radius 1 is 1.10 bits per heavy atom. The van der Waals surface area contributed by atoms with E-state index in [-0.39, 0.29) is 36.3 Å². The quantitative estimate of drug-likeness (QED) is 0.262. The number of hydrogen-bond acceptors (Lipinski definition) is 8. The number of carbonyl (C=O) groups is 1. The molecule has 218 valence electrons. The van der Waals surface area contributed by atoms with E-state index in [1.54, 1.807) is 30.3 Å². The van der Waals surface area contributed by atoms with Gasteiger partial charge in [0.25, 0.3) is 5.92 Å². The van der Waals surface area contributed by atoms with Gasteiger partial charge in [-0.3, -0.25) is 9.36 Å². The Kier molecular flexibility index (Phi) is 6.78. The maximum Gasteiger partial charge on any atom is 0.320 e. The van der Waals surface area contributed by atoms with E-state index >= 15 is 0 Å². The summed E-state index contributed by atoms with van der Waals surface area (Å²) in [6.45, 7) is -2.15. The van der Waals surface area contributed by atoms with Crippen LogP contribution in [0.1, 0.15) is 49.2 Å². The van der Waals surface area contributed by atoms with Crippen LogP contribution in [0, 0.1) is 0 Å². The summed E-state index contributed by atoms with van der Waals surface area (Å²) >= 11 is 0. The second-order valence-electron chi connectivity index (χ2n) is 10.3. The van der Waals surface area contributed by atoms with Gasteiger partial charge in [-0.15, -0.1) is 0 Å². The number of halogens is 4. The van der Waals surface area contributed by atoms with Gasteiger partial charge >= 0.3 is 6.55 Å². The van der Waals surface area contributed by atoms with Crippen LogP contribution in [0.2, 0.25) is 0 Å². The number of aromatic nitrogens is 6. The van der Waals surface area contributed by atoms with Crippen LogP contribution < -0.4 is 14.5 Å². The third-order valence-corrected chi connectivity index (χ3v) is 7.31. The number of nitrogens with zero attached hydrogens (tertiary/aromatic N) is 8. The molecule has 3 aromatic heterocycles. The van der Waals surface area contributed by atoms with E-state index in [4.69, 9.17) is 9.72 Å². The highest BCUT2D eigenvalue weighted by Crippen LogP contribution is 2.45. The SMILES string of the molecule is COc1ncnc(C2CC2)c1-c1ncc2c(n1)N(Cc1ccc(-c3nc(C(C)(F)F)cn3C(F)F)cc1)CC(=O)N2C. The Morgan fingerprint density at radius 2 is 1.83 bits per heavy atom. The van der Waals surface area contributed by atoms with Gasteiger partial charge in [-0.05, 0) is 18.4 Å². The summed E-state index contributed by atoms with van der Waals surface area (Å²) in [7, 11) is 3.17. The largest absolute Gasteiger partial charge is 0.480 e. The molecule has 0 radical (unpaired) electrons. The van der Waals surface area contributed by atoms with Gasteiger partial charge in [0.2, 0.25) is 11.8 Å². The molecule has 1 aliphatic carbocycles. The highest BCUT2D eigenvalue weighted by atomic mass is 19.3. The number of fused-ring (bicyclic) bond motifs is 1. The topological polar surface area (TPSA) is 102 Å². The summed E-state index contributed by atoms with van der Waals surface area (Å²) in [5, 5.41) is 0. The van der Waals surface area contributed by atoms with E-state index in [1.807, 2.05) is 0 Å². The van der Waals surface area contributed by atoms with Gasteiger partial charge in [-0.1, -0.05) is 24.3 Å². The molecule has 0 bridgehead atoms. The Morgan fingerprint density at radius 3 is 2.48 bits per heavy atom. The average molecular weight is 583 g/mol. The Balaban J connectivity index is 1.33. The maximum atomic E-state index is 13.8. The van der Waals surface area contributed by atoms with E-state index in [2.05, 4.69) is 19.9 Å². The minimum Gasteiger partial charge on any atom is -0.480 e. The number of likely N-dealkylation sites (N-methyl/N-ethyl adjacent to an activating group) is 1. The number of amides is 1. The van der Waals surface area contributed by atoms with Gasteiger partial charge in [0, 0.05) is 38.2 Å². The summed E-state index contributed by atoms with van der Waals surface area (Å²) in [6, 6.07) is 6.42. The number of rotatable bonds is 8. The molecule has 10 nitrogen and oxygen atoms in total. The van der Waals surface area contributed by atoms with Crippen molar-refractivity contribution in [3.05, 3.63) is 59.9 Å². The zero-order valence-electron chi connectivity index (χ0n) is 22.9. The number of alkyl halides is 4. The van der Waals surface area contributed by atoms with E-state index in [0.29, 0.717) is 46.5 Å². The molecular weight excluding hydrogens is 556 g/mol. The van der Waals surface area contributed by atoms with Crippen LogP contribution in [-0.4, -0.2) is 56.1 Å². The lowest BCUT2D eigenvalue weighted by Gasteiger charge is -2.34. The van der Waals surface area contributed by atoms with Crippen molar-refractivity contribution < 1.29 is 27.1 Å². The minimum atomic E-state index is -3.37. The van der Waals surface area contributed by atoms with Gasteiger partial charge in [-0.25, -0.2) is 24.9 Å². The van der Waals surface area contributed by atoms with E-state index in [9.17, 15) is 22.4 Å². The molecule has 1 aromatic carbocycles. The molecule has 2 aliphatic rings. The van der Waals surface area contributed by atoms with Crippen LogP contribution in [-0.2, 0) is 17.3 Å². The van der Waals surface area contributed by atoms with Crippen molar-refractivity contribution in [2.24, 2.45) is 0 Å². The second-order valence-corrected chi connectivity index (χ2v) is 10.3. The van der Waals surface area contributed by atoms with Crippen LogP contribution in [0.4, 0.5) is 29.1 Å². The number of imidazole rings is 1. The number of hydrogen-bond donors (Lipinski definition) is 0. The van der Waals surface area contributed by atoms with Gasteiger partial charge in [0.15, 0.2) is 11.6 Å². The lowest BCUT2D eigenvalue weighted by Crippen LogP contribution is -2.44. The molecule has 1 aliphatic heterocycles.